The van der Waals surface area contributed by atoms with Crippen LogP contribution in [0.25, 0.3) is 10.8 Å². The molecule has 74 valence electrons. The van der Waals surface area contributed by atoms with Gasteiger partial charge in [0.05, 0.1) is 0 Å². The predicted octanol–water partition coefficient (Wildman–Crippen LogP) is 4.65. The number of rotatable bonds is 0. The average molecular weight is 227 g/mol. The summed E-state index contributed by atoms with van der Waals surface area (Å²) in [5.74, 6) is 0. The summed E-state index contributed by atoms with van der Waals surface area (Å²) in [6.07, 6.45) is 0. The van der Waals surface area contributed by atoms with Crippen LogP contribution in [0, 0.1) is 0 Å². The van der Waals surface area contributed by atoms with E-state index in [1.807, 2.05) is 0 Å². The molecule has 0 atom stereocenters. The second-order valence-electron chi connectivity index (χ2n) is 2.87. The molecule has 0 aliphatic carbocycles. The maximum absolute atomic E-state index is 5.04. The fourth-order valence-corrected chi connectivity index (χ4v) is 1.13. The first-order chi connectivity index (χ1) is 6.70. The van der Waals surface area contributed by atoms with Gasteiger partial charge in [-0.05, 0) is 17.7 Å². The number of halogens is 2. The summed E-state index contributed by atoms with van der Waals surface area (Å²) in [5.41, 5.74) is 0. The number of fused-ring (bicyclic) bond motifs is 1. The topological polar surface area (TPSA) is 0 Å². The van der Waals surface area contributed by atoms with Crippen molar-refractivity contribution < 1.29 is 0 Å². The van der Waals surface area contributed by atoms with E-state index in [9.17, 15) is 0 Å². The first kappa shape index (κ1) is 11.4. The van der Waals surface area contributed by atoms with E-state index in [4.69, 9.17) is 23.2 Å². The number of hydrogen-bond donors (Lipinski definition) is 0. The van der Waals surface area contributed by atoms with E-state index >= 15 is 0 Å². The van der Waals surface area contributed by atoms with Gasteiger partial charge in [0, 0.05) is 0 Å². The molecule has 0 fully saturated rings. The first-order valence-electron chi connectivity index (χ1n) is 4.42. The Kier molecular flexibility index (Phi) is 4.78. The summed E-state index contributed by atoms with van der Waals surface area (Å²) in [4.78, 5) is -0.222. The van der Waals surface area contributed by atoms with E-state index in [2.05, 4.69) is 48.5 Å². The van der Waals surface area contributed by atoms with Crippen molar-refractivity contribution in [1.82, 2.24) is 0 Å². The molecule has 2 aromatic carbocycles. The van der Waals surface area contributed by atoms with Crippen LogP contribution in [0.3, 0.4) is 0 Å². The van der Waals surface area contributed by atoms with Gasteiger partial charge in [-0.25, -0.2) is 0 Å². The normalized spacial score (nSPS) is 9.71. The van der Waals surface area contributed by atoms with Crippen molar-refractivity contribution in [3.8, 4) is 0 Å². The minimum Gasteiger partial charge on any atom is -0.106 e. The lowest BCUT2D eigenvalue weighted by atomic mass is 10.1. The molecule has 0 aromatic heterocycles. The van der Waals surface area contributed by atoms with Gasteiger partial charge in [-0.2, -0.15) is 0 Å². The minimum atomic E-state index is -0.222. The van der Waals surface area contributed by atoms with Crippen molar-refractivity contribution >= 4 is 34.0 Å². The smallest absolute Gasteiger partial charge is 0.105 e. The van der Waals surface area contributed by atoms with Crippen molar-refractivity contribution in [2.75, 3.05) is 0 Å². The van der Waals surface area contributed by atoms with Crippen LogP contribution in [0.1, 0.15) is 6.92 Å². The molecule has 0 N–H and O–H groups in total. The Morgan fingerprint density at radius 1 is 0.786 bits per heavy atom. The molecule has 0 aliphatic rings. The van der Waals surface area contributed by atoms with Crippen molar-refractivity contribution in [3.05, 3.63) is 48.5 Å². The van der Waals surface area contributed by atoms with Crippen LogP contribution in [0.2, 0.25) is 0 Å². The number of benzene rings is 2. The van der Waals surface area contributed by atoms with E-state index in [0.29, 0.717) is 0 Å². The average Bonchev–Trinajstić information content (AvgIpc) is 2.17. The van der Waals surface area contributed by atoms with E-state index in [-0.39, 0.29) is 4.84 Å². The van der Waals surface area contributed by atoms with E-state index in [1.165, 1.54) is 10.8 Å². The molecule has 0 radical (unpaired) electrons. The van der Waals surface area contributed by atoms with Crippen molar-refractivity contribution in [1.29, 1.82) is 0 Å². The van der Waals surface area contributed by atoms with Gasteiger partial charge in [0.2, 0.25) is 0 Å². The Balaban J connectivity index is 0.000000213. The summed E-state index contributed by atoms with van der Waals surface area (Å²) in [7, 11) is 0. The minimum absolute atomic E-state index is 0.222. The summed E-state index contributed by atoms with van der Waals surface area (Å²) in [5, 5.41) is 2.62. The second kappa shape index (κ2) is 5.90. The summed E-state index contributed by atoms with van der Waals surface area (Å²) >= 11 is 10.1. The van der Waals surface area contributed by atoms with E-state index in [0.717, 1.165) is 0 Å². The van der Waals surface area contributed by atoms with Crippen molar-refractivity contribution in [2.45, 2.75) is 11.8 Å². The lowest BCUT2D eigenvalue weighted by Crippen LogP contribution is -1.67. The Labute approximate surface area is 94.5 Å². The van der Waals surface area contributed by atoms with Gasteiger partial charge in [0.15, 0.2) is 0 Å². The summed E-state index contributed by atoms with van der Waals surface area (Å²) in [6.45, 7) is 1.70. The van der Waals surface area contributed by atoms with Gasteiger partial charge < -0.3 is 0 Å². The molecular weight excluding hydrogens is 215 g/mol. The van der Waals surface area contributed by atoms with E-state index in [1.54, 1.807) is 6.92 Å². The van der Waals surface area contributed by atoms with Gasteiger partial charge in [0.25, 0.3) is 0 Å². The van der Waals surface area contributed by atoms with Crippen LogP contribution in [0.5, 0.6) is 0 Å². The Morgan fingerprint density at radius 3 is 1.21 bits per heavy atom. The third-order valence-corrected chi connectivity index (χ3v) is 1.66. The highest BCUT2D eigenvalue weighted by atomic mass is 35.5. The fraction of sp³-hybridized carbons (Fsp3) is 0.167. The lowest BCUT2D eigenvalue weighted by Gasteiger charge is -1.92. The SMILES string of the molecule is CC(Cl)Cl.c1ccc2ccccc2c1. The molecule has 0 saturated carbocycles. The Morgan fingerprint density at radius 2 is 1.00 bits per heavy atom. The molecule has 2 aromatic rings. The maximum atomic E-state index is 5.04. The molecule has 2 heteroatoms. The zero-order chi connectivity index (χ0) is 10.4. The van der Waals surface area contributed by atoms with Crippen LogP contribution in [0.15, 0.2) is 48.5 Å². The van der Waals surface area contributed by atoms with E-state index < -0.39 is 0 Å². The monoisotopic (exact) mass is 226 g/mol. The fourth-order valence-electron chi connectivity index (χ4n) is 1.13. The first-order valence-corrected chi connectivity index (χ1v) is 5.29. The molecular formula is C12H12Cl2. The third-order valence-electron chi connectivity index (χ3n) is 1.66. The van der Waals surface area contributed by atoms with Crippen molar-refractivity contribution in [3.63, 3.8) is 0 Å². The second-order valence-corrected chi connectivity index (χ2v) is 4.40. The van der Waals surface area contributed by atoms with Gasteiger partial charge in [-0.15, -0.1) is 23.2 Å². The highest BCUT2D eigenvalue weighted by Gasteiger charge is 1.85. The van der Waals surface area contributed by atoms with Gasteiger partial charge in [-0.3, -0.25) is 0 Å². The van der Waals surface area contributed by atoms with Gasteiger partial charge in [0.1, 0.15) is 4.84 Å². The maximum Gasteiger partial charge on any atom is 0.105 e. The third kappa shape index (κ3) is 3.99. The molecule has 0 amide bonds. The molecule has 0 unspecified atom stereocenters. The Hall–Kier alpha value is -0.720. The highest BCUT2D eigenvalue weighted by molar-refractivity contribution is 6.43. The van der Waals surface area contributed by atoms with Crippen LogP contribution < -0.4 is 0 Å². The number of alkyl halides is 2. The largest absolute Gasteiger partial charge is 0.106 e. The van der Waals surface area contributed by atoms with Crippen LogP contribution in [-0.2, 0) is 0 Å². The van der Waals surface area contributed by atoms with Gasteiger partial charge in [-0.1, -0.05) is 48.5 Å². The molecule has 14 heavy (non-hydrogen) atoms. The van der Waals surface area contributed by atoms with Crippen LogP contribution in [0.4, 0.5) is 0 Å². The van der Waals surface area contributed by atoms with Crippen LogP contribution in [-0.4, -0.2) is 4.84 Å². The molecule has 0 heterocycles. The van der Waals surface area contributed by atoms with Crippen molar-refractivity contribution in [2.24, 2.45) is 0 Å². The summed E-state index contributed by atoms with van der Waals surface area (Å²) < 4.78 is 0. The molecule has 0 nitrogen and oxygen atoms in total. The highest BCUT2D eigenvalue weighted by Crippen LogP contribution is 2.11. The lowest BCUT2D eigenvalue weighted by molar-refractivity contribution is 1.39. The molecule has 0 aliphatic heterocycles. The quantitative estimate of drug-likeness (QED) is 0.574. The Bertz CT molecular complexity index is 314. The zero-order valence-electron chi connectivity index (χ0n) is 7.95. The molecule has 0 spiro atoms. The predicted molar refractivity (Wildman–Crippen MR) is 65.1 cm³/mol. The van der Waals surface area contributed by atoms with Crippen LogP contribution >= 0.6 is 23.2 Å². The molecule has 0 bridgehead atoms. The standard InChI is InChI=1S/C10H8.C2H4Cl2/c1-2-6-10-8-4-3-7-9(10)5-1;1-2(3)4/h1-8H;2H,1H3. The molecule has 0 saturated heterocycles. The van der Waals surface area contributed by atoms with Gasteiger partial charge >= 0.3 is 0 Å². The zero-order valence-corrected chi connectivity index (χ0v) is 9.46. The summed E-state index contributed by atoms with van der Waals surface area (Å²) in [6, 6.07) is 16.7. The number of hydrogen-bond acceptors (Lipinski definition) is 0. The molecule has 2 rings (SSSR count).